The zero-order valence-electron chi connectivity index (χ0n) is 12.6. The predicted octanol–water partition coefficient (Wildman–Crippen LogP) is 3.22. The molecule has 3 nitrogen and oxygen atoms in total. The summed E-state index contributed by atoms with van der Waals surface area (Å²) in [6, 6.07) is 0.302. The number of aliphatic hydroxyl groups is 1. The van der Waals surface area contributed by atoms with Gasteiger partial charge in [-0.2, -0.15) is 0 Å². The Kier molecular flexibility index (Phi) is 4.16. The summed E-state index contributed by atoms with van der Waals surface area (Å²) in [6.07, 6.45) is 8.00. The van der Waals surface area contributed by atoms with Gasteiger partial charge in [-0.1, -0.05) is 19.8 Å². The molecule has 0 amide bonds. The Morgan fingerprint density at radius 2 is 2.25 bits per heavy atom. The van der Waals surface area contributed by atoms with Gasteiger partial charge in [0.25, 0.3) is 0 Å². The van der Waals surface area contributed by atoms with Crippen LogP contribution >= 0.6 is 11.3 Å². The number of rotatable bonds is 4. The van der Waals surface area contributed by atoms with Gasteiger partial charge in [0.05, 0.1) is 17.8 Å². The summed E-state index contributed by atoms with van der Waals surface area (Å²) in [7, 11) is 0. The SMILES string of the molecule is CC(NCC1(C)CCCCC1O)c1nc2c(s1)CCC2. The quantitative estimate of drug-likeness (QED) is 0.896. The van der Waals surface area contributed by atoms with Gasteiger partial charge < -0.3 is 10.4 Å². The van der Waals surface area contributed by atoms with Gasteiger partial charge in [0.1, 0.15) is 5.01 Å². The lowest BCUT2D eigenvalue weighted by atomic mass is 9.73. The van der Waals surface area contributed by atoms with Crippen LogP contribution in [0.25, 0.3) is 0 Å². The van der Waals surface area contributed by atoms with Crippen LogP contribution in [-0.2, 0) is 12.8 Å². The van der Waals surface area contributed by atoms with Crippen LogP contribution in [0.3, 0.4) is 0 Å². The molecule has 2 aliphatic carbocycles. The number of aromatic nitrogens is 1. The lowest BCUT2D eigenvalue weighted by molar-refractivity contribution is -0.0000177. The highest BCUT2D eigenvalue weighted by molar-refractivity contribution is 7.11. The molecule has 2 aliphatic rings. The molecular weight excluding hydrogens is 268 g/mol. The molecule has 0 bridgehead atoms. The van der Waals surface area contributed by atoms with Gasteiger partial charge in [-0.3, -0.25) is 0 Å². The summed E-state index contributed by atoms with van der Waals surface area (Å²) in [6.45, 7) is 5.31. The standard InChI is InChI=1S/C16H26N2OS/c1-11(15-18-12-6-5-7-13(12)20-15)17-10-16(2)9-4-3-8-14(16)19/h11,14,17,19H,3-10H2,1-2H3. The molecule has 1 saturated carbocycles. The number of thiazole rings is 1. The van der Waals surface area contributed by atoms with Crippen LogP contribution in [0.2, 0.25) is 0 Å². The van der Waals surface area contributed by atoms with Gasteiger partial charge in [-0.15, -0.1) is 11.3 Å². The minimum atomic E-state index is -0.155. The van der Waals surface area contributed by atoms with Crippen molar-refractivity contribution < 1.29 is 5.11 Å². The summed E-state index contributed by atoms with van der Waals surface area (Å²) in [5.41, 5.74) is 1.37. The van der Waals surface area contributed by atoms with E-state index in [1.54, 1.807) is 0 Å². The average molecular weight is 294 g/mol. The van der Waals surface area contributed by atoms with E-state index in [2.05, 4.69) is 19.2 Å². The maximum absolute atomic E-state index is 10.3. The number of aryl methyl sites for hydroxylation is 2. The van der Waals surface area contributed by atoms with Crippen LogP contribution in [0, 0.1) is 5.41 Å². The fourth-order valence-electron chi connectivity index (χ4n) is 3.46. The number of nitrogens with one attached hydrogen (secondary N) is 1. The molecule has 20 heavy (non-hydrogen) atoms. The molecule has 1 fully saturated rings. The largest absolute Gasteiger partial charge is 0.393 e. The minimum Gasteiger partial charge on any atom is -0.393 e. The fourth-order valence-corrected chi connectivity index (χ4v) is 4.64. The first-order valence-corrected chi connectivity index (χ1v) is 8.80. The van der Waals surface area contributed by atoms with Crippen LogP contribution in [0.15, 0.2) is 0 Å². The highest BCUT2D eigenvalue weighted by Gasteiger charge is 2.35. The van der Waals surface area contributed by atoms with Gasteiger partial charge in [-0.05, 0) is 39.0 Å². The van der Waals surface area contributed by atoms with Crippen molar-refractivity contribution in [1.29, 1.82) is 0 Å². The summed E-state index contributed by atoms with van der Waals surface area (Å²) in [4.78, 5) is 6.29. The molecule has 1 heterocycles. The Morgan fingerprint density at radius 1 is 1.40 bits per heavy atom. The van der Waals surface area contributed by atoms with E-state index in [1.807, 2.05) is 11.3 Å². The fraction of sp³-hybridized carbons (Fsp3) is 0.812. The summed E-state index contributed by atoms with van der Waals surface area (Å²) in [5, 5.41) is 15.1. The average Bonchev–Trinajstić information content (AvgIpc) is 3.01. The van der Waals surface area contributed by atoms with Gasteiger partial charge in [0.2, 0.25) is 0 Å². The zero-order chi connectivity index (χ0) is 14.2. The van der Waals surface area contributed by atoms with Crippen molar-refractivity contribution >= 4 is 11.3 Å². The Morgan fingerprint density at radius 3 is 3.00 bits per heavy atom. The molecule has 0 spiro atoms. The summed E-state index contributed by atoms with van der Waals surface area (Å²) >= 11 is 1.88. The highest BCUT2D eigenvalue weighted by atomic mass is 32.1. The lowest BCUT2D eigenvalue weighted by Crippen LogP contribution is -2.44. The highest BCUT2D eigenvalue weighted by Crippen LogP contribution is 2.36. The van der Waals surface area contributed by atoms with Crippen LogP contribution < -0.4 is 5.32 Å². The maximum Gasteiger partial charge on any atom is 0.110 e. The number of fused-ring (bicyclic) bond motifs is 1. The first kappa shape index (κ1) is 14.5. The zero-order valence-corrected chi connectivity index (χ0v) is 13.4. The molecule has 0 saturated heterocycles. The Hall–Kier alpha value is -0.450. The molecule has 112 valence electrons. The third-order valence-corrected chi connectivity index (χ3v) is 6.41. The van der Waals surface area contributed by atoms with E-state index >= 15 is 0 Å². The number of hydrogen-bond donors (Lipinski definition) is 2. The Labute approximate surface area is 125 Å². The number of nitrogens with zero attached hydrogens (tertiary/aromatic N) is 1. The van der Waals surface area contributed by atoms with Crippen LogP contribution in [-0.4, -0.2) is 22.7 Å². The molecular formula is C16H26N2OS. The normalized spacial score (nSPS) is 31.2. The van der Waals surface area contributed by atoms with Crippen molar-refractivity contribution in [2.24, 2.45) is 5.41 Å². The van der Waals surface area contributed by atoms with E-state index in [0.717, 1.165) is 25.8 Å². The summed E-state index contributed by atoms with van der Waals surface area (Å²) < 4.78 is 0. The first-order chi connectivity index (χ1) is 9.58. The van der Waals surface area contributed by atoms with Crippen LogP contribution in [0.4, 0.5) is 0 Å². The summed E-state index contributed by atoms with van der Waals surface area (Å²) in [5.74, 6) is 0. The van der Waals surface area contributed by atoms with Crippen molar-refractivity contribution in [2.75, 3.05) is 6.54 Å². The Bertz CT molecular complexity index is 452. The van der Waals surface area contributed by atoms with Crippen molar-refractivity contribution in [3.63, 3.8) is 0 Å². The van der Waals surface area contributed by atoms with Gasteiger partial charge in [0, 0.05) is 16.8 Å². The van der Waals surface area contributed by atoms with Crippen LogP contribution in [0.1, 0.15) is 67.6 Å². The number of aliphatic hydroxyl groups excluding tert-OH is 1. The predicted molar refractivity (Wildman–Crippen MR) is 83.1 cm³/mol. The second-order valence-corrected chi connectivity index (χ2v) is 7.91. The number of hydrogen-bond acceptors (Lipinski definition) is 4. The smallest absolute Gasteiger partial charge is 0.110 e. The monoisotopic (exact) mass is 294 g/mol. The van der Waals surface area contributed by atoms with E-state index < -0.39 is 0 Å². The molecule has 4 heteroatoms. The second-order valence-electron chi connectivity index (χ2n) is 6.79. The van der Waals surface area contributed by atoms with E-state index in [1.165, 1.54) is 41.3 Å². The molecule has 0 radical (unpaired) electrons. The maximum atomic E-state index is 10.3. The molecule has 3 rings (SSSR count). The molecule has 3 unspecified atom stereocenters. The molecule has 1 aromatic rings. The van der Waals surface area contributed by atoms with Crippen LogP contribution in [0.5, 0.6) is 0 Å². The minimum absolute atomic E-state index is 0.0342. The molecule has 2 N–H and O–H groups in total. The van der Waals surface area contributed by atoms with Gasteiger partial charge in [-0.25, -0.2) is 4.98 Å². The van der Waals surface area contributed by atoms with Gasteiger partial charge in [0.15, 0.2) is 0 Å². The van der Waals surface area contributed by atoms with E-state index in [9.17, 15) is 5.11 Å². The third-order valence-electron chi connectivity index (χ3n) is 5.07. The molecule has 0 aliphatic heterocycles. The van der Waals surface area contributed by atoms with E-state index in [4.69, 9.17) is 4.98 Å². The Balaban J connectivity index is 1.59. The van der Waals surface area contributed by atoms with Crippen molar-refractivity contribution in [1.82, 2.24) is 10.3 Å². The topological polar surface area (TPSA) is 45.1 Å². The molecule has 3 atom stereocenters. The van der Waals surface area contributed by atoms with Crippen molar-refractivity contribution in [2.45, 2.75) is 70.9 Å². The molecule has 1 aromatic heterocycles. The molecule has 0 aromatic carbocycles. The van der Waals surface area contributed by atoms with Crippen molar-refractivity contribution in [3.05, 3.63) is 15.6 Å². The third kappa shape index (κ3) is 2.78. The van der Waals surface area contributed by atoms with Gasteiger partial charge >= 0.3 is 0 Å². The van der Waals surface area contributed by atoms with E-state index in [0.29, 0.717) is 6.04 Å². The second kappa shape index (κ2) is 5.74. The first-order valence-electron chi connectivity index (χ1n) is 7.98. The van der Waals surface area contributed by atoms with E-state index in [-0.39, 0.29) is 11.5 Å². The lowest BCUT2D eigenvalue weighted by Gasteiger charge is -2.39. The van der Waals surface area contributed by atoms with Crippen molar-refractivity contribution in [3.8, 4) is 0 Å².